The van der Waals surface area contributed by atoms with Crippen molar-refractivity contribution in [1.82, 2.24) is 4.72 Å². The summed E-state index contributed by atoms with van der Waals surface area (Å²) in [6.45, 7) is 1.68. The van der Waals surface area contributed by atoms with Crippen molar-refractivity contribution in [3.05, 3.63) is 59.7 Å². The highest BCUT2D eigenvalue weighted by Crippen LogP contribution is 2.45. The lowest BCUT2D eigenvalue weighted by Crippen LogP contribution is -2.42. The molecule has 1 saturated carbocycles. The molecule has 2 aromatic carbocycles. The fourth-order valence-corrected chi connectivity index (χ4v) is 4.40. The maximum absolute atomic E-state index is 12.7. The summed E-state index contributed by atoms with van der Waals surface area (Å²) in [5.41, 5.74) is 0.155. The third kappa shape index (κ3) is 3.71. The topological polar surface area (TPSA) is 75.6 Å². The monoisotopic (exact) mass is 361 g/mol. The minimum atomic E-state index is -3.73. The molecule has 1 aliphatic carbocycles. The van der Waals surface area contributed by atoms with E-state index in [4.69, 9.17) is 4.74 Å². The third-order valence-corrected chi connectivity index (χ3v) is 6.29. The molecule has 0 saturated heterocycles. The molecule has 0 heterocycles. The average molecular weight is 361 g/mol. The number of rotatable bonds is 7. The first kappa shape index (κ1) is 17.9. The van der Waals surface area contributed by atoms with Crippen molar-refractivity contribution in [2.75, 3.05) is 13.7 Å². The van der Waals surface area contributed by atoms with Gasteiger partial charge in [-0.25, -0.2) is 13.1 Å². The minimum Gasteiger partial charge on any atom is -0.497 e. The second-order valence-electron chi connectivity index (χ2n) is 6.52. The number of hydrogen-bond donors (Lipinski definition) is 2. The molecule has 1 aliphatic rings. The highest BCUT2D eigenvalue weighted by atomic mass is 32.2. The summed E-state index contributed by atoms with van der Waals surface area (Å²) in [4.78, 5) is 0.194. The number of aryl methyl sites for hydroxylation is 1. The van der Waals surface area contributed by atoms with Crippen LogP contribution in [0.1, 0.15) is 24.0 Å². The van der Waals surface area contributed by atoms with Crippen LogP contribution in [-0.4, -0.2) is 27.2 Å². The number of methoxy groups -OCH3 is 1. The lowest BCUT2D eigenvalue weighted by Gasteiger charge is -2.29. The van der Waals surface area contributed by atoms with Crippen molar-refractivity contribution in [2.24, 2.45) is 5.92 Å². The number of nitrogens with one attached hydrogen (secondary N) is 1. The van der Waals surface area contributed by atoms with Crippen LogP contribution in [0, 0.1) is 12.8 Å². The van der Waals surface area contributed by atoms with Gasteiger partial charge in [0, 0.05) is 6.54 Å². The van der Waals surface area contributed by atoms with Crippen LogP contribution in [0.5, 0.6) is 5.75 Å². The van der Waals surface area contributed by atoms with E-state index in [9.17, 15) is 13.5 Å². The molecular formula is C19H23NO4S. The Morgan fingerprint density at radius 1 is 1.20 bits per heavy atom. The van der Waals surface area contributed by atoms with Gasteiger partial charge in [-0.1, -0.05) is 30.3 Å². The van der Waals surface area contributed by atoms with E-state index in [0.717, 1.165) is 18.4 Å². The minimum absolute atomic E-state index is 0.0461. The van der Waals surface area contributed by atoms with Gasteiger partial charge in [0.2, 0.25) is 10.0 Å². The smallest absolute Gasteiger partial charge is 0.240 e. The van der Waals surface area contributed by atoms with Crippen LogP contribution < -0.4 is 9.46 Å². The van der Waals surface area contributed by atoms with E-state index in [0.29, 0.717) is 11.3 Å². The maximum atomic E-state index is 12.7. The van der Waals surface area contributed by atoms with E-state index in [1.165, 1.54) is 13.2 Å². The summed E-state index contributed by atoms with van der Waals surface area (Å²) in [5.74, 6) is 0.685. The Hall–Kier alpha value is -1.89. The molecule has 2 aromatic rings. The molecule has 2 N–H and O–H groups in total. The molecule has 5 nitrogen and oxygen atoms in total. The molecule has 1 fully saturated rings. The summed E-state index contributed by atoms with van der Waals surface area (Å²) in [6, 6.07) is 14.1. The van der Waals surface area contributed by atoms with Gasteiger partial charge in [-0.15, -0.1) is 0 Å². The zero-order chi connectivity index (χ0) is 18.1. The van der Waals surface area contributed by atoms with Gasteiger partial charge in [0.25, 0.3) is 0 Å². The Labute approximate surface area is 148 Å². The van der Waals surface area contributed by atoms with Crippen molar-refractivity contribution in [2.45, 2.75) is 30.3 Å². The van der Waals surface area contributed by atoms with Crippen LogP contribution in [0.4, 0.5) is 0 Å². The normalized spacial score (nSPS) is 17.1. The van der Waals surface area contributed by atoms with Crippen molar-refractivity contribution in [3.63, 3.8) is 0 Å². The number of aliphatic hydroxyl groups is 1. The number of sulfonamides is 1. The van der Waals surface area contributed by atoms with E-state index in [1.807, 2.05) is 30.3 Å². The molecule has 3 rings (SSSR count). The molecule has 0 aromatic heterocycles. The predicted molar refractivity (Wildman–Crippen MR) is 96.0 cm³/mol. The highest BCUT2D eigenvalue weighted by Gasteiger charge is 2.45. The van der Waals surface area contributed by atoms with Crippen LogP contribution in [0.3, 0.4) is 0 Å². The van der Waals surface area contributed by atoms with E-state index in [1.54, 1.807) is 19.1 Å². The lowest BCUT2D eigenvalue weighted by atomic mass is 9.89. The molecule has 0 spiro atoms. The fourth-order valence-electron chi connectivity index (χ4n) is 3.10. The maximum Gasteiger partial charge on any atom is 0.240 e. The fraction of sp³-hybridized carbons (Fsp3) is 0.368. The SMILES string of the molecule is COc1ccc(S(=O)(=O)NC[C@](O)(c2ccccc2)C2CC2)c(C)c1. The first-order valence-corrected chi connectivity index (χ1v) is 9.77. The van der Waals surface area contributed by atoms with Crippen molar-refractivity contribution in [1.29, 1.82) is 0 Å². The largest absolute Gasteiger partial charge is 0.497 e. The highest BCUT2D eigenvalue weighted by molar-refractivity contribution is 7.89. The zero-order valence-corrected chi connectivity index (χ0v) is 15.2. The molecule has 0 aliphatic heterocycles. The Kier molecular flexibility index (Phi) is 4.86. The Morgan fingerprint density at radius 3 is 2.44 bits per heavy atom. The van der Waals surface area contributed by atoms with Crippen molar-refractivity contribution in [3.8, 4) is 5.75 Å². The third-order valence-electron chi connectivity index (χ3n) is 4.73. The van der Waals surface area contributed by atoms with Gasteiger partial charge < -0.3 is 9.84 Å². The first-order chi connectivity index (χ1) is 11.9. The van der Waals surface area contributed by atoms with Crippen LogP contribution in [0.2, 0.25) is 0 Å². The molecule has 6 heteroatoms. The molecule has 0 unspecified atom stereocenters. The summed E-state index contributed by atoms with van der Waals surface area (Å²) in [5, 5.41) is 11.1. The van der Waals surface area contributed by atoms with Gasteiger partial charge in [-0.05, 0) is 55.0 Å². The second kappa shape index (κ2) is 6.78. The molecule has 0 amide bonds. The first-order valence-electron chi connectivity index (χ1n) is 8.29. The van der Waals surface area contributed by atoms with Crippen molar-refractivity contribution < 1.29 is 18.3 Å². The predicted octanol–water partition coefficient (Wildman–Crippen LogP) is 2.58. The second-order valence-corrected chi connectivity index (χ2v) is 8.26. The number of ether oxygens (including phenoxy) is 1. The number of hydrogen-bond acceptors (Lipinski definition) is 4. The Bertz CT molecular complexity index is 847. The van der Waals surface area contributed by atoms with Gasteiger partial charge in [-0.3, -0.25) is 0 Å². The summed E-state index contributed by atoms with van der Waals surface area (Å²) < 4.78 is 33.1. The van der Waals surface area contributed by atoms with Crippen LogP contribution in [0.15, 0.2) is 53.4 Å². The molecular weight excluding hydrogens is 338 g/mol. The van der Waals surface area contributed by atoms with Crippen LogP contribution in [-0.2, 0) is 15.6 Å². The average Bonchev–Trinajstić information content (AvgIpc) is 3.45. The van der Waals surface area contributed by atoms with E-state index < -0.39 is 15.6 Å². The zero-order valence-electron chi connectivity index (χ0n) is 14.4. The Balaban J connectivity index is 1.83. The standard InChI is InChI=1S/C19H23NO4S/c1-14-12-17(24-2)10-11-18(14)25(22,23)20-13-19(21,16-8-9-16)15-6-4-3-5-7-15/h3-7,10-12,16,20-21H,8-9,13H2,1-2H3/t19-/m0/s1. The summed E-state index contributed by atoms with van der Waals surface area (Å²) >= 11 is 0. The lowest BCUT2D eigenvalue weighted by molar-refractivity contribution is 0.0185. The van der Waals surface area contributed by atoms with Gasteiger partial charge >= 0.3 is 0 Å². The molecule has 0 bridgehead atoms. The number of benzene rings is 2. The van der Waals surface area contributed by atoms with E-state index in [2.05, 4.69) is 4.72 Å². The Morgan fingerprint density at radius 2 is 1.88 bits per heavy atom. The molecule has 1 atom stereocenters. The van der Waals surface area contributed by atoms with Crippen LogP contribution >= 0.6 is 0 Å². The van der Waals surface area contributed by atoms with Crippen molar-refractivity contribution >= 4 is 10.0 Å². The molecule has 25 heavy (non-hydrogen) atoms. The van der Waals surface area contributed by atoms with E-state index in [-0.39, 0.29) is 17.4 Å². The summed E-state index contributed by atoms with van der Waals surface area (Å²) in [7, 11) is -2.19. The molecule has 134 valence electrons. The van der Waals surface area contributed by atoms with Gasteiger partial charge in [-0.2, -0.15) is 0 Å². The summed E-state index contributed by atoms with van der Waals surface area (Å²) in [6.07, 6.45) is 1.80. The van der Waals surface area contributed by atoms with Gasteiger partial charge in [0.1, 0.15) is 11.4 Å². The van der Waals surface area contributed by atoms with Gasteiger partial charge in [0.05, 0.1) is 12.0 Å². The quantitative estimate of drug-likeness (QED) is 0.795. The van der Waals surface area contributed by atoms with Crippen LogP contribution in [0.25, 0.3) is 0 Å². The van der Waals surface area contributed by atoms with Gasteiger partial charge in [0.15, 0.2) is 0 Å². The van der Waals surface area contributed by atoms with E-state index >= 15 is 0 Å². The molecule has 0 radical (unpaired) electrons.